The Kier molecular flexibility index (Phi) is 5.88. The number of nitrogens with one attached hydrogen (secondary N) is 2. The first kappa shape index (κ1) is 14.4. The molecule has 1 rings (SSSR count). The Morgan fingerprint density at radius 1 is 1.41 bits per heavy atom. The third-order valence-corrected chi connectivity index (χ3v) is 3.04. The van der Waals surface area contributed by atoms with E-state index < -0.39 is 5.41 Å². The second-order valence-electron chi connectivity index (χ2n) is 5.10. The summed E-state index contributed by atoms with van der Waals surface area (Å²) in [5.41, 5.74) is 2.13. The molecule has 1 aliphatic heterocycles. The topological polar surface area (TPSA) is 59.6 Å². The first-order valence-electron chi connectivity index (χ1n) is 6.22. The minimum absolute atomic E-state index is 0.0542. The van der Waals surface area contributed by atoms with E-state index in [0.717, 1.165) is 25.9 Å². The van der Waals surface area contributed by atoms with Crippen LogP contribution in [0.4, 0.5) is 0 Å². The van der Waals surface area contributed by atoms with Crippen molar-refractivity contribution in [2.45, 2.75) is 26.7 Å². The van der Waals surface area contributed by atoms with Crippen molar-refractivity contribution >= 4 is 5.91 Å². The lowest BCUT2D eigenvalue weighted by atomic mass is 9.79. The zero-order valence-electron chi connectivity index (χ0n) is 11.0. The second-order valence-corrected chi connectivity index (χ2v) is 5.10. The summed E-state index contributed by atoms with van der Waals surface area (Å²) in [6.07, 6.45) is 1.58. The molecule has 1 fully saturated rings. The molecule has 1 aliphatic rings. The van der Waals surface area contributed by atoms with Crippen molar-refractivity contribution in [3.05, 3.63) is 0 Å². The fourth-order valence-electron chi connectivity index (χ4n) is 2.00. The number of rotatable bonds is 6. The van der Waals surface area contributed by atoms with Crippen LogP contribution in [0.2, 0.25) is 0 Å². The van der Waals surface area contributed by atoms with E-state index in [0.29, 0.717) is 19.1 Å². The number of hydrogen-bond donors (Lipinski definition) is 2. The van der Waals surface area contributed by atoms with Gasteiger partial charge in [-0.25, -0.2) is 5.48 Å². The van der Waals surface area contributed by atoms with Crippen molar-refractivity contribution in [2.24, 2.45) is 11.3 Å². The highest BCUT2D eigenvalue weighted by Gasteiger charge is 2.39. The molecule has 0 radical (unpaired) electrons. The van der Waals surface area contributed by atoms with Gasteiger partial charge in [0, 0.05) is 7.11 Å². The third-order valence-electron chi connectivity index (χ3n) is 3.04. The number of hydrogen-bond acceptors (Lipinski definition) is 4. The van der Waals surface area contributed by atoms with Crippen LogP contribution in [0, 0.1) is 11.3 Å². The van der Waals surface area contributed by atoms with Crippen molar-refractivity contribution in [3.8, 4) is 0 Å². The molecular formula is C12H24N2O3. The van der Waals surface area contributed by atoms with Gasteiger partial charge in [-0.3, -0.25) is 9.63 Å². The van der Waals surface area contributed by atoms with Crippen molar-refractivity contribution in [1.82, 2.24) is 10.8 Å². The Bertz CT molecular complexity index is 232. The smallest absolute Gasteiger partial charge is 0.252 e. The van der Waals surface area contributed by atoms with Crippen LogP contribution in [-0.4, -0.2) is 39.3 Å². The summed E-state index contributed by atoms with van der Waals surface area (Å²) in [4.78, 5) is 17.4. The van der Waals surface area contributed by atoms with Gasteiger partial charge >= 0.3 is 0 Å². The van der Waals surface area contributed by atoms with E-state index in [9.17, 15) is 4.79 Å². The fraction of sp³-hybridized carbons (Fsp3) is 0.917. The Morgan fingerprint density at radius 3 is 2.59 bits per heavy atom. The molecule has 0 saturated carbocycles. The van der Waals surface area contributed by atoms with E-state index in [-0.39, 0.29) is 5.91 Å². The van der Waals surface area contributed by atoms with Gasteiger partial charge in [-0.05, 0) is 31.8 Å². The molecule has 17 heavy (non-hydrogen) atoms. The predicted molar refractivity (Wildman–Crippen MR) is 65.3 cm³/mol. The molecule has 1 heterocycles. The molecule has 0 atom stereocenters. The van der Waals surface area contributed by atoms with E-state index >= 15 is 0 Å². The normalized spacial score (nSPS) is 19.3. The molecular weight excluding hydrogens is 220 g/mol. The van der Waals surface area contributed by atoms with E-state index in [1.807, 2.05) is 13.8 Å². The molecule has 5 heteroatoms. The van der Waals surface area contributed by atoms with Crippen molar-refractivity contribution < 1.29 is 14.4 Å². The van der Waals surface area contributed by atoms with Gasteiger partial charge in [-0.15, -0.1) is 0 Å². The molecule has 0 aromatic carbocycles. The first-order chi connectivity index (χ1) is 8.10. The number of piperidine rings is 1. The maximum absolute atomic E-state index is 12.1. The van der Waals surface area contributed by atoms with Crippen LogP contribution in [0.5, 0.6) is 0 Å². The Balaban J connectivity index is 2.48. The second kappa shape index (κ2) is 6.93. The lowest BCUT2D eigenvalue weighted by Crippen LogP contribution is -2.50. The summed E-state index contributed by atoms with van der Waals surface area (Å²) in [5.74, 6) is 0.350. The van der Waals surface area contributed by atoms with Gasteiger partial charge < -0.3 is 10.1 Å². The summed E-state index contributed by atoms with van der Waals surface area (Å²) in [6, 6.07) is 0. The third kappa shape index (κ3) is 4.26. The average molecular weight is 244 g/mol. The number of hydroxylamine groups is 1. The first-order valence-corrected chi connectivity index (χ1v) is 6.22. The van der Waals surface area contributed by atoms with Crippen LogP contribution in [0.15, 0.2) is 0 Å². The molecule has 0 aliphatic carbocycles. The number of ether oxygens (including phenoxy) is 1. The summed E-state index contributed by atoms with van der Waals surface area (Å²) < 4.78 is 5.19. The zero-order chi connectivity index (χ0) is 12.7. The number of methoxy groups -OCH3 is 1. The Hall–Kier alpha value is -0.650. The van der Waals surface area contributed by atoms with Gasteiger partial charge in [0.05, 0.1) is 18.6 Å². The van der Waals surface area contributed by atoms with Crippen LogP contribution in [0.1, 0.15) is 26.7 Å². The van der Waals surface area contributed by atoms with Crippen LogP contribution in [-0.2, 0) is 14.4 Å². The van der Waals surface area contributed by atoms with Gasteiger partial charge in [0.1, 0.15) is 0 Å². The molecule has 5 nitrogen and oxygen atoms in total. The highest BCUT2D eigenvalue weighted by molar-refractivity contribution is 5.82. The van der Waals surface area contributed by atoms with Crippen LogP contribution in [0.3, 0.4) is 0 Å². The van der Waals surface area contributed by atoms with E-state index in [1.54, 1.807) is 7.11 Å². The monoisotopic (exact) mass is 244 g/mol. The maximum Gasteiger partial charge on any atom is 0.252 e. The van der Waals surface area contributed by atoms with Crippen molar-refractivity contribution in [3.63, 3.8) is 0 Å². The van der Waals surface area contributed by atoms with Crippen LogP contribution >= 0.6 is 0 Å². The number of carbonyl (C=O) groups excluding carboxylic acids is 1. The maximum atomic E-state index is 12.1. The minimum Gasteiger partial charge on any atom is -0.384 e. The quantitative estimate of drug-likeness (QED) is 0.676. The van der Waals surface area contributed by atoms with Gasteiger partial charge in [0.15, 0.2) is 0 Å². The highest BCUT2D eigenvalue weighted by atomic mass is 16.7. The SMILES string of the molecule is COCC1(C(=O)NOCC(C)C)CCNCC1. The predicted octanol–water partition coefficient (Wildman–Crippen LogP) is 0.706. The van der Waals surface area contributed by atoms with Crippen molar-refractivity contribution in [1.29, 1.82) is 0 Å². The largest absolute Gasteiger partial charge is 0.384 e. The molecule has 0 bridgehead atoms. The van der Waals surface area contributed by atoms with Gasteiger partial charge in [0.25, 0.3) is 5.91 Å². The van der Waals surface area contributed by atoms with Gasteiger partial charge in [0.2, 0.25) is 0 Å². The zero-order valence-corrected chi connectivity index (χ0v) is 11.0. The Labute approximate surface area is 103 Å². The summed E-state index contributed by atoms with van der Waals surface area (Å²) in [7, 11) is 1.63. The van der Waals surface area contributed by atoms with Crippen LogP contribution in [0.25, 0.3) is 0 Å². The van der Waals surface area contributed by atoms with E-state index in [1.165, 1.54) is 0 Å². The number of amides is 1. The average Bonchev–Trinajstić information content (AvgIpc) is 2.30. The molecule has 0 unspecified atom stereocenters. The van der Waals surface area contributed by atoms with Crippen molar-refractivity contribution in [2.75, 3.05) is 33.4 Å². The summed E-state index contributed by atoms with van der Waals surface area (Å²) in [6.45, 7) is 6.77. The standard InChI is InChI=1S/C12H24N2O3/c1-10(2)8-17-14-11(15)12(9-16-3)4-6-13-7-5-12/h10,13H,4-9H2,1-3H3,(H,14,15). The van der Waals surface area contributed by atoms with E-state index in [2.05, 4.69) is 10.8 Å². The molecule has 0 spiro atoms. The molecule has 2 N–H and O–H groups in total. The molecule has 100 valence electrons. The molecule has 1 saturated heterocycles. The summed E-state index contributed by atoms with van der Waals surface area (Å²) in [5, 5.41) is 3.25. The Morgan fingerprint density at radius 2 is 2.06 bits per heavy atom. The van der Waals surface area contributed by atoms with Gasteiger partial charge in [-0.2, -0.15) is 0 Å². The lowest BCUT2D eigenvalue weighted by molar-refractivity contribution is -0.150. The van der Waals surface area contributed by atoms with E-state index in [4.69, 9.17) is 9.57 Å². The van der Waals surface area contributed by atoms with Gasteiger partial charge in [-0.1, -0.05) is 13.8 Å². The molecule has 0 aromatic heterocycles. The number of carbonyl (C=O) groups is 1. The minimum atomic E-state index is -0.434. The summed E-state index contributed by atoms with van der Waals surface area (Å²) >= 11 is 0. The highest BCUT2D eigenvalue weighted by Crippen LogP contribution is 2.29. The molecule has 0 aromatic rings. The van der Waals surface area contributed by atoms with Crippen LogP contribution < -0.4 is 10.8 Å². The fourth-order valence-corrected chi connectivity index (χ4v) is 2.00. The molecule has 1 amide bonds. The lowest BCUT2D eigenvalue weighted by Gasteiger charge is -2.35.